The van der Waals surface area contributed by atoms with Crippen LogP contribution >= 0.6 is 35.0 Å². The molecule has 0 aliphatic rings. The Morgan fingerprint density at radius 3 is 2.54 bits per heavy atom. The van der Waals surface area contributed by atoms with Crippen molar-refractivity contribution in [2.24, 2.45) is 0 Å². The van der Waals surface area contributed by atoms with E-state index in [1.807, 2.05) is 0 Å². The number of aromatic nitrogens is 2. The number of rotatable bonds is 17. The summed E-state index contributed by atoms with van der Waals surface area (Å²) in [7, 11) is 0. The molecule has 1 rings (SSSR count). The Labute approximate surface area is 182 Å². The minimum absolute atomic E-state index is 0.277. The van der Waals surface area contributed by atoms with Gasteiger partial charge < -0.3 is 5.11 Å². The van der Waals surface area contributed by atoms with Crippen molar-refractivity contribution < 1.29 is 9.90 Å². The summed E-state index contributed by atoms with van der Waals surface area (Å²) in [4.78, 5) is 11.6. The first-order valence-corrected chi connectivity index (χ1v) is 13.4. The molecule has 0 saturated heterocycles. The number of allylic oxidation sites excluding steroid dienone is 2. The lowest BCUT2D eigenvalue weighted by Gasteiger charge is -2.21. The average Bonchev–Trinajstić information content (AvgIpc) is 3.21. The van der Waals surface area contributed by atoms with E-state index in [0.29, 0.717) is 5.13 Å². The molecule has 0 radical (unpaired) electrons. The number of nitrogens with zero attached hydrogens (tertiary/aromatic N) is 3. The largest absolute Gasteiger partial charge is 0.464 e. The zero-order valence-corrected chi connectivity index (χ0v) is 19.7. The molecule has 160 valence electrons. The van der Waals surface area contributed by atoms with Gasteiger partial charge in [-0.2, -0.15) is 16.1 Å². The van der Waals surface area contributed by atoms with Gasteiger partial charge in [-0.25, -0.2) is 4.79 Å². The van der Waals surface area contributed by atoms with E-state index in [0.717, 1.165) is 31.4 Å². The highest BCUT2D eigenvalue weighted by Crippen LogP contribution is 2.31. The molecule has 1 heterocycles. The van der Waals surface area contributed by atoms with Crippen LogP contribution in [-0.4, -0.2) is 38.7 Å². The number of carboxylic acid groups (broad SMARTS) is 1. The Morgan fingerprint density at radius 1 is 1.18 bits per heavy atom. The summed E-state index contributed by atoms with van der Waals surface area (Å²) >= 11 is 4.44. The van der Waals surface area contributed by atoms with Gasteiger partial charge in [0.25, 0.3) is 0 Å². The van der Waals surface area contributed by atoms with Crippen LogP contribution in [0.1, 0.15) is 77.6 Å². The summed E-state index contributed by atoms with van der Waals surface area (Å²) in [6.07, 6.45) is 19.1. The van der Waals surface area contributed by atoms with E-state index in [-0.39, 0.29) is 5.25 Å². The molecule has 0 aliphatic heterocycles. The Hall–Kier alpha value is -0.730. The van der Waals surface area contributed by atoms with Crippen LogP contribution in [0.15, 0.2) is 17.7 Å². The summed E-state index contributed by atoms with van der Waals surface area (Å²) < 4.78 is 1.27. The molecule has 0 fully saturated rings. The van der Waals surface area contributed by atoms with E-state index < -0.39 is 6.09 Å². The number of carbonyl (C=O) groups is 1. The Balaban J connectivity index is 2.29. The van der Waals surface area contributed by atoms with E-state index in [4.69, 9.17) is 0 Å². The van der Waals surface area contributed by atoms with Crippen molar-refractivity contribution in [1.29, 1.82) is 0 Å². The summed E-state index contributed by atoms with van der Waals surface area (Å²) in [6, 6.07) is 0. The smallest absolute Gasteiger partial charge is 0.424 e. The van der Waals surface area contributed by atoms with E-state index >= 15 is 0 Å². The highest BCUT2D eigenvalue weighted by atomic mass is 32.2. The second-order valence-corrected chi connectivity index (χ2v) is 9.81. The molecule has 0 aromatic carbocycles. The second kappa shape index (κ2) is 17.2. The van der Waals surface area contributed by atoms with Crippen LogP contribution in [0.2, 0.25) is 0 Å². The zero-order valence-electron chi connectivity index (χ0n) is 17.2. The molecule has 1 aromatic heterocycles. The molecule has 1 unspecified atom stereocenters. The molecule has 0 bridgehead atoms. The predicted molar refractivity (Wildman–Crippen MR) is 126 cm³/mol. The van der Waals surface area contributed by atoms with Crippen molar-refractivity contribution in [3.63, 3.8) is 0 Å². The van der Waals surface area contributed by atoms with Crippen LogP contribution in [0.4, 0.5) is 9.93 Å². The molecule has 0 saturated carbocycles. The van der Waals surface area contributed by atoms with Crippen LogP contribution < -0.4 is 4.31 Å². The summed E-state index contributed by atoms with van der Waals surface area (Å²) in [5.41, 5.74) is 1.57. The number of anilines is 1. The van der Waals surface area contributed by atoms with Gasteiger partial charge >= 0.3 is 6.09 Å². The molecule has 8 heteroatoms. The van der Waals surface area contributed by atoms with Gasteiger partial charge in [0.05, 0.1) is 0 Å². The summed E-state index contributed by atoms with van der Waals surface area (Å²) in [6.45, 7) is 2.25. The van der Waals surface area contributed by atoms with Crippen molar-refractivity contribution >= 4 is 46.3 Å². The van der Waals surface area contributed by atoms with Crippen LogP contribution in [0.5, 0.6) is 0 Å². The number of unbranched alkanes of at least 4 members (excludes halogenated alkanes) is 7. The van der Waals surface area contributed by atoms with Crippen LogP contribution in [0.3, 0.4) is 0 Å². The topological polar surface area (TPSA) is 66.3 Å². The molecule has 1 N–H and O–H groups in total. The second-order valence-electron chi connectivity index (χ2n) is 6.77. The van der Waals surface area contributed by atoms with Crippen molar-refractivity contribution in [3.8, 4) is 0 Å². The van der Waals surface area contributed by atoms with Crippen LogP contribution in [-0.2, 0) is 0 Å². The SMILES string of the molecule is CCCCCCCC/C=C\CCCC(CCSC)SN(C(=O)O)c1nncs1. The summed E-state index contributed by atoms with van der Waals surface area (Å²) in [5, 5.41) is 17.9. The van der Waals surface area contributed by atoms with Crippen molar-refractivity contribution in [1.82, 2.24) is 10.2 Å². The first kappa shape index (κ1) is 25.3. The molecular weight excluding hydrogens is 410 g/mol. The number of thioether (sulfide) groups is 1. The monoisotopic (exact) mass is 445 g/mol. The molecule has 0 aliphatic carbocycles. The third-order valence-electron chi connectivity index (χ3n) is 4.38. The van der Waals surface area contributed by atoms with Crippen molar-refractivity contribution in [2.45, 2.75) is 82.8 Å². The Kier molecular flexibility index (Phi) is 15.5. The maximum atomic E-state index is 11.6. The highest BCUT2D eigenvalue weighted by molar-refractivity contribution is 8.02. The third kappa shape index (κ3) is 12.0. The van der Waals surface area contributed by atoms with Gasteiger partial charge in [-0.15, -0.1) is 10.2 Å². The standard InChI is InChI=1S/C20H35N3O2S3/c1-3-4-5-6-7-8-9-10-11-12-13-14-18(15-16-26-2)28-23(20(24)25)19-22-21-17-27-19/h10-11,17-18H,3-9,12-16H2,1-2H3,(H,24,25)/b11-10-. The first-order chi connectivity index (χ1) is 13.7. The molecular formula is C20H35N3O2S3. The molecule has 1 atom stereocenters. The maximum absolute atomic E-state index is 11.6. The van der Waals surface area contributed by atoms with Gasteiger partial charge in [-0.05, 0) is 62.5 Å². The molecule has 1 amide bonds. The zero-order chi connectivity index (χ0) is 20.5. The van der Waals surface area contributed by atoms with Gasteiger partial charge in [0, 0.05) is 5.25 Å². The maximum Gasteiger partial charge on any atom is 0.424 e. The number of hydrogen-bond acceptors (Lipinski definition) is 6. The lowest BCUT2D eigenvalue weighted by Crippen LogP contribution is -2.25. The molecule has 1 aromatic rings. The Bertz CT molecular complexity index is 527. The lowest BCUT2D eigenvalue weighted by atomic mass is 10.1. The minimum atomic E-state index is -0.977. The van der Waals surface area contributed by atoms with Crippen LogP contribution in [0.25, 0.3) is 0 Å². The fourth-order valence-corrected chi connectivity index (χ4v) is 5.21. The van der Waals surface area contributed by atoms with Crippen molar-refractivity contribution in [3.05, 3.63) is 17.7 Å². The van der Waals surface area contributed by atoms with Crippen molar-refractivity contribution in [2.75, 3.05) is 16.3 Å². The van der Waals surface area contributed by atoms with Gasteiger partial charge in [0.2, 0.25) is 5.13 Å². The normalized spacial score (nSPS) is 12.5. The van der Waals surface area contributed by atoms with Gasteiger partial charge in [0.1, 0.15) is 5.51 Å². The van der Waals surface area contributed by atoms with Gasteiger partial charge in [-0.1, -0.05) is 62.5 Å². The third-order valence-corrected chi connectivity index (χ3v) is 7.13. The predicted octanol–water partition coefficient (Wildman–Crippen LogP) is 7.27. The number of amides is 1. The average molecular weight is 446 g/mol. The fraction of sp³-hybridized carbons (Fsp3) is 0.750. The molecule has 0 spiro atoms. The van der Waals surface area contributed by atoms with E-state index in [2.05, 4.69) is 35.5 Å². The van der Waals surface area contributed by atoms with E-state index in [9.17, 15) is 9.90 Å². The highest BCUT2D eigenvalue weighted by Gasteiger charge is 2.23. The summed E-state index contributed by atoms with van der Waals surface area (Å²) in [5.74, 6) is 1.04. The quantitative estimate of drug-likeness (QED) is 0.154. The molecule has 5 nitrogen and oxygen atoms in total. The fourth-order valence-electron chi connectivity index (χ4n) is 2.82. The van der Waals surface area contributed by atoms with E-state index in [1.165, 1.54) is 72.5 Å². The number of hydrogen-bond donors (Lipinski definition) is 1. The molecule has 28 heavy (non-hydrogen) atoms. The lowest BCUT2D eigenvalue weighted by molar-refractivity contribution is 0.206. The first-order valence-electron chi connectivity index (χ1n) is 10.3. The van der Waals surface area contributed by atoms with Gasteiger partial charge in [0.15, 0.2) is 0 Å². The van der Waals surface area contributed by atoms with Crippen LogP contribution in [0, 0.1) is 0 Å². The van der Waals surface area contributed by atoms with E-state index in [1.54, 1.807) is 17.3 Å². The Morgan fingerprint density at radius 2 is 1.89 bits per heavy atom. The minimum Gasteiger partial charge on any atom is -0.464 e. The van der Waals surface area contributed by atoms with Gasteiger partial charge in [-0.3, -0.25) is 0 Å².